The van der Waals surface area contributed by atoms with E-state index in [9.17, 15) is 4.79 Å². The molecule has 7 rings (SSSR count). The molecule has 0 spiro atoms. The first-order valence-electron chi connectivity index (χ1n) is 11.4. The average molecular weight is 457 g/mol. The van der Waals surface area contributed by atoms with Gasteiger partial charge in [0.1, 0.15) is 11.0 Å². The molecule has 0 N–H and O–H groups in total. The summed E-state index contributed by atoms with van der Waals surface area (Å²) in [6.07, 6.45) is 0. The van der Waals surface area contributed by atoms with Gasteiger partial charge in [-0.2, -0.15) is 5.10 Å². The maximum Gasteiger partial charge on any atom is 0.347 e. The van der Waals surface area contributed by atoms with Crippen LogP contribution in [0.5, 0.6) is 11.5 Å². The van der Waals surface area contributed by atoms with Gasteiger partial charge in [-0.25, -0.2) is 9.48 Å². The Balaban J connectivity index is 1.55. The number of rotatable bonds is 2. The highest BCUT2D eigenvalue weighted by atomic mass is 16.5. The van der Waals surface area contributed by atoms with Crippen molar-refractivity contribution in [3.05, 3.63) is 113 Å². The predicted octanol–water partition coefficient (Wildman–Crippen LogP) is 7.02. The van der Waals surface area contributed by atoms with Gasteiger partial charge in [0.15, 0.2) is 11.5 Å². The van der Waals surface area contributed by atoms with Crippen LogP contribution in [-0.2, 0) is 0 Å². The molecule has 35 heavy (non-hydrogen) atoms. The zero-order valence-electron chi connectivity index (χ0n) is 18.8. The Morgan fingerprint density at radius 1 is 0.743 bits per heavy atom. The van der Waals surface area contributed by atoms with E-state index in [4.69, 9.17) is 14.3 Å². The van der Waals surface area contributed by atoms with Crippen LogP contribution < -0.4 is 15.3 Å². The summed E-state index contributed by atoms with van der Waals surface area (Å²) in [5, 5.41) is 6.00. The van der Waals surface area contributed by atoms with Gasteiger partial charge in [-0.05, 0) is 61.5 Å². The molecule has 6 nitrogen and oxygen atoms in total. The summed E-state index contributed by atoms with van der Waals surface area (Å²) in [6, 6.07) is 31.6. The zero-order chi connectivity index (χ0) is 23.5. The van der Waals surface area contributed by atoms with Gasteiger partial charge >= 0.3 is 5.63 Å². The van der Waals surface area contributed by atoms with E-state index in [1.807, 2.05) is 103 Å². The summed E-state index contributed by atoms with van der Waals surface area (Å²) < 4.78 is 13.7. The summed E-state index contributed by atoms with van der Waals surface area (Å²) in [4.78, 5) is 15.1. The van der Waals surface area contributed by atoms with Crippen LogP contribution in [0, 0.1) is 6.92 Å². The maximum atomic E-state index is 12.9. The molecule has 4 aromatic carbocycles. The highest BCUT2D eigenvalue weighted by Gasteiger charge is 2.26. The molecule has 0 bridgehead atoms. The largest absolute Gasteiger partial charge is 0.453 e. The van der Waals surface area contributed by atoms with Crippen LogP contribution in [0.4, 0.5) is 17.1 Å². The molecule has 0 fully saturated rings. The number of aromatic nitrogens is 2. The Morgan fingerprint density at radius 3 is 2.11 bits per heavy atom. The third-order valence-corrected chi connectivity index (χ3v) is 6.38. The topological polar surface area (TPSA) is 60.5 Å². The normalized spacial score (nSPS) is 12.4. The lowest BCUT2D eigenvalue weighted by Crippen LogP contribution is -2.15. The second-order valence-electron chi connectivity index (χ2n) is 8.50. The van der Waals surface area contributed by atoms with Gasteiger partial charge in [-0.3, -0.25) is 0 Å². The zero-order valence-corrected chi connectivity index (χ0v) is 18.8. The molecule has 0 radical (unpaired) electrons. The van der Waals surface area contributed by atoms with Crippen molar-refractivity contribution in [3.63, 3.8) is 0 Å². The number of fused-ring (bicyclic) bond motifs is 5. The minimum atomic E-state index is -0.387. The third-order valence-electron chi connectivity index (χ3n) is 6.38. The van der Waals surface area contributed by atoms with Gasteiger partial charge in [-0.15, -0.1) is 0 Å². The van der Waals surface area contributed by atoms with Crippen molar-refractivity contribution in [1.29, 1.82) is 0 Å². The van der Waals surface area contributed by atoms with Crippen molar-refractivity contribution < 1.29 is 9.15 Å². The van der Waals surface area contributed by atoms with E-state index in [1.165, 1.54) is 0 Å². The SMILES string of the molecule is Cc1nn(-c2ccccc2)c2c1c(=O)oc1ccc(N3c4ccccc4Oc4ccccc43)cc12. The smallest absolute Gasteiger partial charge is 0.347 e. The summed E-state index contributed by atoms with van der Waals surface area (Å²) in [7, 11) is 0. The molecule has 0 saturated carbocycles. The summed E-state index contributed by atoms with van der Waals surface area (Å²) in [6.45, 7) is 1.84. The van der Waals surface area contributed by atoms with Crippen LogP contribution in [0.25, 0.3) is 27.6 Å². The lowest BCUT2D eigenvalue weighted by molar-refractivity contribution is 0.477. The van der Waals surface area contributed by atoms with Crippen LogP contribution in [0.15, 0.2) is 106 Å². The molecule has 0 aliphatic carbocycles. The highest BCUT2D eigenvalue weighted by molar-refractivity contribution is 6.05. The van der Waals surface area contributed by atoms with Gasteiger partial charge in [-0.1, -0.05) is 42.5 Å². The third kappa shape index (κ3) is 2.90. The van der Waals surface area contributed by atoms with Gasteiger partial charge in [0.05, 0.1) is 28.3 Å². The molecular weight excluding hydrogens is 438 g/mol. The number of para-hydroxylation sites is 5. The van der Waals surface area contributed by atoms with Crippen molar-refractivity contribution in [3.8, 4) is 17.2 Å². The van der Waals surface area contributed by atoms with Crippen molar-refractivity contribution >= 4 is 38.9 Å². The van der Waals surface area contributed by atoms with Crippen molar-refractivity contribution in [2.75, 3.05) is 4.90 Å². The van der Waals surface area contributed by atoms with Gasteiger partial charge in [0.25, 0.3) is 0 Å². The number of hydrogen-bond donors (Lipinski definition) is 0. The first-order chi connectivity index (χ1) is 17.2. The van der Waals surface area contributed by atoms with Crippen molar-refractivity contribution in [1.82, 2.24) is 9.78 Å². The Kier molecular flexibility index (Phi) is 4.11. The molecule has 1 aliphatic heterocycles. The second-order valence-corrected chi connectivity index (χ2v) is 8.50. The molecule has 6 aromatic rings. The Labute approximate surface area is 200 Å². The first-order valence-corrected chi connectivity index (χ1v) is 11.4. The number of aryl methyl sites for hydroxylation is 1. The summed E-state index contributed by atoms with van der Waals surface area (Å²) >= 11 is 0. The molecule has 1 aliphatic rings. The summed E-state index contributed by atoms with van der Waals surface area (Å²) in [5.74, 6) is 1.56. The standard InChI is InChI=1S/C29H19N3O3/c1-18-27-28(32(30-18)19-9-3-2-4-10-19)21-17-20(15-16-24(21)35-29(27)33)31-22-11-5-7-13-25(22)34-26-14-8-6-12-23(26)31/h2-17H,1H3. The van der Waals surface area contributed by atoms with E-state index >= 15 is 0 Å². The Hall–Kier alpha value is -4.84. The predicted molar refractivity (Wildman–Crippen MR) is 137 cm³/mol. The number of hydrogen-bond acceptors (Lipinski definition) is 5. The van der Waals surface area contributed by atoms with Gasteiger partial charge in [0.2, 0.25) is 0 Å². The molecule has 0 atom stereocenters. The van der Waals surface area contributed by atoms with E-state index in [1.54, 1.807) is 0 Å². The molecule has 168 valence electrons. The van der Waals surface area contributed by atoms with E-state index in [2.05, 4.69) is 11.0 Å². The van der Waals surface area contributed by atoms with E-state index in [0.29, 0.717) is 16.7 Å². The van der Waals surface area contributed by atoms with Gasteiger partial charge in [0, 0.05) is 11.1 Å². The van der Waals surface area contributed by atoms with E-state index in [0.717, 1.165) is 45.2 Å². The van der Waals surface area contributed by atoms with E-state index in [-0.39, 0.29) is 5.63 Å². The molecule has 0 unspecified atom stereocenters. The fourth-order valence-electron chi connectivity index (χ4n) is 4.84. The number of nitrogens with zero attached hydrogens (tertiary/aromatic N) is 3. The number of anilines is 3. The lowest BCUT2D eigenvalue weighted by Gasteiger charge is -2.32. The fourth-order valence-corrected chi connectivity index (χ4v) is 4.84. The van der Waals surface area contributed by atoms with Crippen LogP contribution in [0.2, 0.25) is 0 Å². The summed E-state index contributed by atoms with van der Waals surface area (Å²) in [5.41, 5.74) is 5.17. The second kappa shape index (κ2) is 7.33. The average Bonchev–Trinajstić information content (AvgIpc) is 3.26. The molecule has 0 amide bonds. The highest BCUT2D eigenvalue weighted by Crippen LogP contribution is 2.50. The van der Waals surface area contributed by atoms with Gasteiger partial charge < -0.3 is 14.1 Å². The Morgan fingerprint density at radius 2 is 1.40 bits per heavy atom. The molecule has 0 saturated heterocycles. The first kappa shape index (κ1) is 19.6. The van der Waals surface area contributed by atoms with Crippen LogP contribution in [0.1, 0.15) is 5.69 Å². The van der Waals surface area contributed by atoms with Crippen LogP contribution >= 0.6 is 0 Å². The monoisotopic (exact) mass is 457 g/mol. The van der Waals surface area contributed by atoms with E-state index < -0.39 is 0 Å². The molecular formula is C29H19N3O3. The maximum absolute atomic E-state index is 12.9. The molecule has 6 heteroatoms. The lowest BCUT2D eigenvalue weighted by atomic mass is 10.1. The molecule has 3 heterocycles. The number of ether oxygens (including phenoxy) is 1. The van der Waals surface area contributed by atoms with Crippen LogP contribution in [-0.4, -0.2) is 9.78 Å². The number of benzene rings is 4. The fraction of sp³-hybridized carbons (Fsp3) is 0.0345. The van der Waals surface area contributed by atoms with Crippen LogP contribution in [0.3, 0.4) is 0 Å². The quantitative estimate of drug-likeness (QED) is 0.261. The minimum Gasteiger partial charge on any atom is -0.453 e. The van der Waals surface area contributed by atoms with Crippen molar-refractivity contribution in [2.45, 2.75) is 6.92 Å². The minimum absolute atomic E-state index is 0.387. The molecule has 2 aromatic heterocycles. The Bertz CT molecular complexity index is 1770. The van der Waals surface area contributed by atoms with Crippen molar-refractivity contribution in [2.24, 2.45) is 0 Å².